The number of amides is 1. The molecular weight excluding hydrogens is 396 g/mol. The Kier molecular flexibility index (Phi) is 6.49. The number of carbonyl (C=O) groups is 1. The monoisotopic (exact) mass is 436 g/mol. The number of fused-ring (bicyclic) bond motifs is 1. The van der Waals surface area contributed by atoms with Crippen LogP contribution in [-0.2, 0) is 17.9 Å². The van der Waals surface area contributed by atoms with E-state index in [9.17, 15) is 4.79 Å². The molecule has 0 bridgehead atoms. The molecule has 0 N–H and O–H groups in total. The summed E-state index contributed by atoms with van der Waals surface area (Å²) in [5.41, 5.74) is 6.19. The van der Waals surface area contributed by atoms with Crippen LogP contribution in [0.1, 0.15) is 87.0 Å². The van der Waals surface area contributed by atoms with Crippen LogP contribution in [0.15, 0.2) is 24.3 Å². The number of hydrogen-bond donors (Lipinski definition) is 0. The molecule has 0 unspecified atom stereocenters. The Balaban J connectivity index is 1.63. The van der Waals surface area contributed by atoms with Crippen LogP contribution in [0.4, 0.5) is 0 Å². The second-order valence-electron chi connectivity index (χ2n) is 10.4. The Morgan fingerprint density at radius 1 is 1.12 bits per heavy atom. The summed E-state index contributed by atoms with van der Waals surface area (Å²) < 4.78 is 2.16. The van der Waals surface area contributed by atoms with Gasteiger partial charge in [0.05, 0.1) is 11.2 Å². The van der Waals surface area contributed by atoms with E-state index in [-0.39, 0.29) is 5.54 Å². The molecular formula is C27H40N4O. The average molecular weight is 437 g/mol. The third-order valence-corrected chi connectivity index (χ3v) is 8.01. The minimum atomic E-state index is -0.129. The summed E-state index contributed by atoms with van der Waals surface area (Å²) in [7, 11) is 0. The summed E-state index contributed by atoms with van der Waals surface area (Å²) in [6, 6.07) is 9.27. The number of nitrogens with zero attached hydrogens (tertiary/aromatic N) is 4. The van der Waals surface area contributed by atoms with Crippen LogP contribution < -0.4 is 0 Å². The highest BCUT2D eigenvalue weighted by atomic mass is 16.2. The van der Waals surface area contributed by atoms with Crippen LogP contribution >= 0.6 is 0 Å². The van der Waals surface area contributed by atoms with Gasteiger partial charge < -0.3 is 4.90 Å². The van der Waals surface area contributed by atoms with E-state index in [1.54, 1.807) is 0 Å². The van der Waals surface area contributed by atoms with Gasteiger partial charge in [-0.1, -0.05) is 30.7 Å². The molecule has 1 aromatic carbocycles. The van der Waals surface area contributed by atoms with Crippen molar-refractivity contribution < 1.29 is 4.79 Å². The largest absolute Gasteiger partial charge is 0.331 e. The topological polar surface area (TPSA) is 41.4 Å². The van der Waals surface area contributed by atoms with Crippen LogP contribution in [0.5, 0.6) is 0 Å². The molecule has 4 rings (SSSR count). The molecule has 0 spiro atoms. The third-order valence-electron chi connectivity index (χ3n) is 8.01. The second kappa shape index (κ2) is 9.01. The van der Waals surface area contributed by atoms with E-state index in [2.05, 4.69) is 80.3 Å². The minimum absolute atomic E-state index is 0.129. The van der Waals surface area contributed by atoms with Crippen LogP contribution in [0, 0.1) is 20.8 Å². The van der Waals surface area contributed by atoms with Gasteiger partial charge in [-0.15, -0.1) is 0 Å². The van der Waals surface area contributed by atoms with Crippen molar-refractivity contribution in [3.8, 4) is 0 Å². The fourth-order valence-electron chi connectivity index (χ4n) is 5.98. The van der Waals surface area contributed by atoms with Crippen LogP contribution in [0.25, 0.3) is 0 Å². The summed E-state index contributed by atoms with van der Waals surface area (Å²) in [5, 5.41) is 4.82. The number of carbonyl (C=O) groups excluding carboxylic acids is 1. The fraction of sp³-hybridized carbons (Fsp3) is 0.630. The minimum Gasteiger partial charge on any atom is -0.331 e. The first-order chi connectivity index (χ1) is 15.2. The smallest absolute Gasteiger partial charge is 0.223 e. The number of benzene rings is 1. The molecule has 2 saturated heterocycles. The van der Waals surface area contributed by atoms with Crippen molar-refractivity contribution >= 4 is 5.91 Å². The molecule has 3 heterocycles. The molecule has 0 aliphatic carbocycles. The SMILES string of the molecule is Cc1ccccc1CN1C(=O)CCCC[C@H]2N(Cc3c(C)nn(C(C)C)c3C)CC[C@]21C. The highest BCUT2D eigenvalue weighted by Gasteiger charge is 2.49. The summed E-state index contributed by atoms with van der Waals surface area (Å²) in [4.78, 5) is 18.3. The molecule has 32 heavy (non-hydrogen) atoms. The first kappa shape index (κ1) is 23.0. The predicted molar refractivity (Wildman–Crippen MR) is 130 cm³/mol. The Morgan fingerprint density at radius 3 is 2.56 bits per heavy atom. The van der Waals surface area contributed by atoms with E-state index < -0.39 is 0 Å². The maximum absolute atomic E-state index is 13.4. The molecule has 0 radical (unpaired) electrons. The highest BCUT2D eigenvalue weighted by molar-refractivity contribution is 5.77. The number of likely N-dealkylation sites (tertiary alicyclic amines) is 2. The third kappa shape index (κ3) is 4.12. The van der Waals surface area contributed by atoms with Gasteiger partial charge in [-0.2, -0.15) is 5.10 Å². The number of hydrogen-bond acceptors (Lipinski definition) is 3. The lowest BCUT2D eigenvalue weighted by molar-refractivity contribution is -0.140. The first-order valence-corrected chi connectivity index (χ1v) is 12.4. The number of rotatable bonds is 5. The number of aromatic nitrogens is 2. The van der Waals surface area contributed by atoms with E-state index in [4.69, 9.17) is 5.10 Å². The lowest BCUT2D eigenvalue weighted by Crippen LogP contribution is -2.57. The molecule has 2 aromatic rings. The Morgan fingerprint density at radius 2 is 1.88 bits per heavy atom. The van der Waals surface area contributed by atoms with Crippen molar-refractivity contribution in [3.05, 3.63) is 52.3 Å². The van der Waals surface area contributed by atoms with E-state index in [0.29, 0.717) is 24.4 Å². The van der Waals surface area contributed by atoms with E-state index in [1.807, 2.05) is 0 Å². The molecule has 2 fully saturated rings. The molecule has 2 aliphatic heterocycles. The average Bonchev–Trinajstić information content (AvgIpc) is 3.21. The van der Waals surface area contributed by atoms with Gasteiger partial charge in [0.2, 0.25) is 5.91 Å². The lowest BCUT2D eigenvalue weighted by atomic mass is 9.84. The van der Waals surface area contributed by atoms with Gasteiger partial charge in [0.15, 0.2) is 0 Å². The molecule has 1 amide bonds. The summed E-state index contributed by atoms with van der Waals surface area (Å²) in [6.07, 6.45) is 4.99. The standard InChI is InChI=1S/C27H40N4O/c1-19(2)31-22(5)24(21(4)28-31)18-29-16-15-27(6)25(29)13-9-10-14-26(32)30(27)17-23-12-8-7-11-20(23)3/h7-8,11-12,19,25H,9-10,13-18H2,1-6H3/t25-,27-/m1/s1. The lowest BCUT2D eigenvalue weighted by Gasteiger charge is -2.46. The summed E-state index contributed by atoms with van der Waals surface area (Å²) in [6.45, 7) is 15.9. The maximum atomic E-state index is 13.4. The van der Waals surface area contributed by atoms with Gasteiger partial charge in [-0.25, -0.2) is 0 Å². The molecule has 0 saturated carbocycles. The van der Waals surface area contributed by atoms with Crippen molar-refractivity contribution in [3.63, 3.8) is 0 Å². The van der Waals surface area contributed by atoms with E-state index in [1.165, 1.54) is 22.4 Å². The zero-order valence-electron chi connectivity index (χ0n) is 20.8. The van der Waals surface area contributed by atoms with Crippen molar-refractivity contribution in [2.45, 2.75) is 104 Å². The quantitative estimate of drug-likeness (QED) is 0.636. The first-order valence-electron chi connectivity index (χ1n) is 12.4. The van der Waals surface area contributed by atoms with Crippen molar-refractivity contribution in [1.29, 1.82) is 0 Å². The zero-order chi connectivity index (χ0) is 23.0. The van der Waals surface area contributed by atoms with E-state index >= 15 is 0 Å². The van der Waals surface area contributed by atoms with Crippen molar-refractivity contribution in [1.82, 2.24) is 19.6 Å². The molecule has 5 heteroatoms. The molecule has 2 aliphatic rings. The van der Waals surface area contributed by atoms with Crippen molar-refractivity contribution in [2.75, 3.05) is 6.54 Å². The molecule has 5 nitrogen and oxygen atoms in total. The van der Waals surface area contributed by atoms with Gasteiger partial charge in [-0.3, -0.25) is 14.4 Å². The Hall–Kier alpha value is -2.14. The highest BCUT2D eigenvalue weighted by Crippen LogP contribution is 2.41. The zero-order valence-corrected chi connectivity index (χ0v) is 20.8. The van der Waals surface area contributed by atoms with Gasteiger partial charge in [-0.05, 0) is 71.9 Å². The van der Waals surface area contributed by atoms with Gasteiger partial charge in [0.25, 0.3) is 0 Å². The van der Waals surface area contributed by atoms with Crippen molar-refractivity contribution in [2.24, 2.45) is 0 Å². The van der Waals surface area contributed by atoms with Crippen LogP contribution in [-0.4, -0.2) is 43.6 Å². The normalized spacial score (nSPS) is 24.7. The molecule has 2 atom stereocenters. The second-order valence-corrected chi connectivity index (χ2v) is 10.4. The van der Waals surface area contributed by atoms with Gasteiger partial charge >= 0.3 is 0 Å². The van der Waals surface area contributed by atoms with Gasteiger partial charge in [0, 0.05) is 49.4 Å². The van der Waals surface area contributed by atoms with Gasteiger partial charge in [0.1, 0.15) is 0 Å². The Labute approximate surface area is 193 Å². The summed E-state index contributed by atoms with van der Waals surface area (Å²) in [5.74, 6) is 0.322. The predicted octanol–water partition coefficient (Wildman–Crippen LogP) is 5.33. The number of aryl methyl sites for hydroxylation is 2. The van der Waals surface area contributed by atoms with Crippen LogP contribution in [0.3, 0.4) is 0 Å². The van der Waals surface area contributed by atoms with Crippen LogP contribution in [0.2, 0.25) is 0 Å². The molecule has 1 aromatic heterocycles. The molecule has 174 valence electrons. The fourth-order valence-corrected chi connectivity index (χ4v) is 5.98. The van der Waals surface area contributed by atoms with E-state index in [0.717, 1.165) is 51.0 Å². The summed E-state index contributed by atoms with van der Waals surface area (Å²) >= 11 is 0. The maximum Gasteiger partial charge on any atom is 0.223 e. The Bertz CT molecular complexity index is 978.